The van der Waals surface area contributed by atoms with Gasteiger partial charge in [0.15, 0.2) is 0 Å². The number of nitrogens with zero attached hydrogens (tertiary/aromatic N) is 2. The third-order valence-corrected chi connectivity index (χ3v) is 8.11. The number of carboxylic acids is 1. The predicted octanol–water partition coefficient (Wildman–Crippen LogP) is 3.05. The van der Waals surface area contributed by atoms with Gasteiger partial charge in [-0.05, 0) is 55.7 Å². The number of nitrogens with one attached hydrogen (secondary N) is 2. The van der Waals surface area contributed by atoms with Gasteiger partial charge in [0.05, 0.1) is 5.92 Å². The smallest absolute Gasteiger partial charge is 0.410 e. The molecule has 2 saturated heterocycles. The van der Waals surface area contributed by atoms with Crippen molar-refractivity contribution in [3.05, 3.63) is 71.8 Å². The van der Waals surface area contributed by atoms with Crippen LogP contribution in [0.5, 0.6) is 0 Å². The maximum atomic E-state index is 13.0. The molecule has 0 bridgehead atoms. The van der Waals surface area contributed by atoms with Gasteiger partial charge in [-0.25, -0.2) is 9.59 Å². The van der Waals surface area contributed by atoms with E-state index in [9.17, 15) is 29.1 Å². The maximum Gasteiger partial charge on any atom is 0.410 e. The number of carbonyl (C=O) groups is 5. The van der Waals surface area contributed by atoms with Gasteiger partial charge in [0.2, 0.25) is 11.8 Å². The molecule has 3 N–H and O–H groups in total. The van der Waals surface area contributed by atoms with Crippen LogP contribution in [-0.4, -0.2) is 83.5 Å². The van der Waals surface area contributed by atoms with Gasteiger partial charge in [-0.1, -0.05) is 48.5 Å². The monoisotopic (exact) mass is 592 g/mol. The summed E-state index contributed by atoms with van der Waals surface area (Å²) in [6.07, 6.45) is 3.69. The van der Waals surface area contributed by atoms with Gasteiger partial charge in [0.1, 0.15) is 12.6 Å². The third kappa shape index (κ3) is 9.56. The van der Waals surface area contributed by atoms with E-state index in [1.54, 1.807) is 40.1 Å². The average molecular weight is 593 g/mol. The summed E-state index contributed by atoms with van der Waals surface area (Å²) in [5, 5.41) is 14.6. The molecule has 2 aliphatic rings. The second-order valence-electron chi connectivity index (χ2n) is 11.2. The Morgan fingerprint density at radius 1 is 0.884 bits per heavy atom. The average Bonchev–Trinajstić information content (AvgIpc) is 3.05. The number of piperidine rings is 2. The van der Waals surface area contributed by atoms with E-state index in [0.717, 1.165) is 24.8 Å². The molecule has 4 amide bonds. The van der Waals surface area contributed by atoms with E-state index in [-0.39, 0.29) is 37.6 Å². The largest absolute Gasteiger partial charge is 0.480 e. The Labute approximate surface area is 251 Å². The fourth-order valence-corrected chi connectivity index (χ4v) is 5.50. The van der Waals surface area contributed by atoms with Crippen molar-refractivity contribution < 1.29 is 33.8 Å². The zero-order chi connectivity index (χ0) is 30.6. The van der Waals surface area contributed by atoms with Gasteiger partial charge in [0.25, 0.3) is 5.91 Å². The summed E-state index contributed by atoms with van der Waals surface area (Å²) in [5.74, 6) is -2.22. The van der Waals surface area contributed by atoms with Crippen molar-refractivity contribution in [2.24, 2.45) is 11.8 Å². The maximum absolute atomic E-state index is 13.0. The lowest BCUT2D eigenvalue weighted by atomic mass is 9.91. The van der Waals surface area contributed by atoms with Crippen LogP contribution in [0.3, 0.4) is 0 Å². The van der Waals surface area contributed by atoms with Crippen LogP contribution in [-0.2, 0) is 25.7 Å². The Kier molecular flexibility index (Phi) is 11.5. The first-order chi connectivity index (χ1) is 20.8. The molecule has 230 valence electrons. The number of aliphatic carboxylic acids is 1. The number of carbonyl (C=O) groups excluding carboxylic acids is 4. The van der Waals surface area contributed by atoms with Gasteiger partial charge < -0.3 is 30.3 Å². The van der Waals surface area contributed by atoms with E-state index in [4.69, 9.17) is 4.74 Å². The van der Waals surface area contributed by atoms with E-state index in [1.807, 2.05) is 30.3 Å². The number of benzene rings is 2. The molecule has 2 aromatic rings. The molecule has 11 heteroatoms. The molecule has 0 saturated carbocycles. The van der Waals surface area contributed by atoms with Crippen LogP contribution in [0.25, 0.3) is 0 Å². The van der Waals surface area contributed by atoms with Gasteiger partial charge in [0, 0.05) is 44.7 Å². The summed E-state index contributed by atoms with van der Waals surface area (Å²) in [7, 11) is 0. The lowest BCUT2D eigenvalue weighted by Crippen LogP contribution is -2.51. The van der Waals surface area contributed by atoms with Gasteiger partial charge in [-0.2, -0.15) is 0 Å². The van der Waals surface area contributed by atoms with Gasteiger partial charge in [-0.3, -0.25) is 14.4 Å². The van der Waals surface area contributed by atoms with Crippen molar-refractivity contribution in [1.82, 2.24) is 20.4 Å². The molecule has 4 rings (SSSR count). The molecule has 0 aliphatic carbocycles. The van der Waals surface area contributed by atoms with Crippen LogP contribution < -0.4 is 10.6 Å². The topological polar surface area (TPSA) is 145 Å². The number of amides is 4. The Bertz CT molecular complexity index is 1250. The van der Waals surface area contributed by atoms with E-state index in [0.29, 0.717) is 50.4 Å². The molecular weight excluding hydrogens is 552 g/mol. The fraction of sp³-hybridized carbons (Fsp3) is 0.469. The van der Waals surface area contributed by atoms with Crippen molar-refractivity contribution in [3.63, 3.8) is 0 Å². The highest BCUT2D eigenvalue weighted by molar-refractivity contribution is 5.96. The second-order valence-corrected chi connectivity index (χ2v) is 11.2. The molecule has 2 heterocycles. The SMILES string of the molecule is O=C(N[C@@H](CNC(=O)[C@@H]1CCCN(C(=O)CCC2CCN(C(=O)OCc3ccccc3)CC2)C1)C(=O)O)c1ccccc1. The summed E-state index contributed by atoms with van der Waals surface area (Å²) < 4.78 is 5.43. The predicted molar refractivity (Wildman–Crippen MR) is 158 cm³/mol. The van der Waals surface area contributed by atoms with Crippen LogP contribution in [0.1, 0.15) is 54.4 Å². The first-order valence-electron chi connectivity index (χ1n) is 14.9. The fourth-order valence-electron chi connectivity index (χ4n) is 5.50. The third-order valence-electron chi connectivity index (χ3n) is 8.11. The molecule has 2 atom stereocenters. The molecule has 0 spiro atoms. The number of ether oxygens (including phenoxy) is 1. The number of rotatable bonds is 11. The first kappa shape index (κ1) is 31.5. The minimum absolute atomic E-state index is 0.000683. The molecule has 2 aliphatic heterocycles. The molecular formula is C32H40N4O7. The lowest BCUT2D eigenvalue weighted by Gasteiger charge is -2.34. The van der Waals surface area contributed by atoms with Crippen molar-refractivity contribution in [1.29, 1.82) is 0 Å². The zero-order valence-electron chi connectivity index (χ0n) is 24.3. The summed E-state index contributed by atoms with van der Waals surface area (Å²) in [4.78, 5) is 65.8. The lowest BCUT2D eigenvalue weighted by molar-refractivity contribution is -0.139. The minimum atomic E-state index is -1.28. The van der Waals surface area contributed by atoms with Gasteiger partial charge >= 0.3 is 12.1 Å². The van der Waals surface area contributed by atoms with Crippen LogP contribution in [0.15, 0.2) is 60.7 Å². The quantitative estimate of drug-likeness (QED) is 0.364. The van der Waals surface area contributed by atoms with E-state index < -0.39 is 23.8 Å². The summed E-state index contributed by atoms with van der Waals surface area (Å²) in [6, 6.07) is 16.5. The molecule has 0 unspecified atom stereocenters. The number of hydrogen-bond donors (Lipinski definition) is 3. The second kappa shape index (κ2) is 15.7. The van der Waals surface area contributed by atoms with Crippen LogP contribution in [0, 0.1) is 11.8 Å². The number of carboxylic acid groups (broad SMARTS) is 1. The van der Waals surface area contributed by atoms with Crippen LogP contribution >= 0.6 is 0 Å². The highest BCUT2D eigenvalue weighted by Crippen LogP contribution is 2.24. The molecule has 0 radical (unpaired) electrons. The molecule has 0 aromatic heterocycles. The Balaban J connectivity index is 1.15. The van der Waals surface area contributed by atoms with Crippen molar-refractivity contribution in [3.8, 4) is 0 Å². The Hall–Kier alpha value is -4.41. The normalized spacial score (nSPS) is 17.9. The number of likely N-dealkylation sites (tertiary alicyclic amines) is 2. The summed E-state index contributed by atoms with van der Waals surface area (Å²) >= 11 is 0. The summed E-state index contributed by atoms with van der Waals surface area (Å²) in [5.41, 5.74) is 1.27. The number of hydrogen-bond acceptors (Lipinski definition) is 6. The van der Waals surface area contributed by atoms with Crippen molar-refractivity contribution >= 4 is 29.8 Å². The highest BCUT2D eigenvalue weighted by atomic mass is 16.6. The van der Waals surface area contributed by atoms with Crippen LogP contribution in [0.2, 0.25) is 0 Å². The molecule has 43 heavy (non-hydrogen) atoms. The highest BCUT2D eigenvalue weighted by Gasteiger charge is 2.31. The first-order valence-corrected chi connectivity index (χ1v) is 14.9. The minimum Gasteiger partial charge on any atom is -0.480 e. The van der Waals surface area contributed by atoms with Gasteiger partial charge in [-0.15, -0.1) is 0 Å². The van der Waals surface area contributed by atoms with E-state index in [1.165, 1.54) is 0 Å². The molecule has 11 nitrogen and oxygen atoms in total. The Morgan fingerprint density at radius 2 is 1.56 bits per heavy atom. The standard InChI is InChI=1S/C32H40N4O7/c37-28(14-13-23-15-18-35(19-16-23)32(42)43-22-24-8-3-1-4-9-24)36-17-7-12-26(21-36)29(38)33-20-27(31(40)41)34-30(39)25-10-5-2-6-11-25/h1-6,8-11,23,26-27H,7,12-22H2,(H,33,38)(H,34,39)(H,40,41)/t26-,27+/m1/s1. The zero-order valence-corrected chi connectivity index (χ0v) is 24.3. The van der Waals surface area contributed by atoms with Crippen molar-refractivity contribution in [2.75, 3.05) is 32.7 Å². The summed E-state index contributed by atoms with van der Waals surface area (Å²) in [6.45, 7) is 2.05. The van der Waals surface area contributed by atoms with E-state index >= 15 is 0 Å². The van der Waals surface area contributed by atoms with E-state index in [2.05, 4.69) is 10.6 Å². The molecule has 2 aromatic carbocycles. The van der Waals surface area contributed by atoms with Crippen LogP contribution in [0.4, 0.5) is 4.79 Å². The van der Waals surface area contributed by atoms with Crippen molar-refractivity contribution in [2.45, 2.75) is 51.2 Å². The molecule has 2 fully saturated rings. The Morgan fingerprint density at radius 3 is 2.23 bits per heavy atom.